The van der Waals surface area contributed by atoms with Gasteiger partial charge in [0.05, 0.1) is 4.88 Å². The van der Waals surface area contributed by atoms with Crippen LogP contribution in [0.25, 0.3) is 10.1 Å². The van der Waals surface area contributed by atoms with Gasteiger partial charge < -0.3 is 10.6 Å². The zero-order valence-electron chi connectivity index (χ0n) is 12.0. The average molecular weight is 300 g/mol. The third-order valence-corrected chi connectivity index (χ3v) is 6.04. The Morgan fingerprint density at radius 2 is 2.19 bits per heavy atom. The van der Waals surface area contributed by atoms with E-state index in [2.05, 4.69) is 22.8 Å². The van der Waals surface area contributed by atoms with Crippen LogP contribution in [-0.4, -0.2) is 24.0 Å². The number of nitrogens with one attached hydrogen (secondary N) is 2. The van der Waals surface area contributed by atoms with Crippen molar-refractivity contribution in [2.75, 3.05) is 6.54 Å². The van der Waals surface area contributed by atoms with Crippen LogP contribution < -0.4 is 10.6 Å². The van der Waals surface area contributed by atoms with Crippen molar-refractivity contribution in [1.82, 2.24) is 10.6 Å². The van der Waals surface area contributed by atoms with Crippen molar-refractivity contribution in [3.05, 3.63) is 35.2 Å². The van der Waals surface area contributed by atoms with Crippen molar-refractivity contribution in [2.45, 2.75) is 43.7 Å². The molecule has 1 saturated heterocycles. The summed E-state index contributed by atoms with van der Waals surface area (Å²) in [6, 6.07) is 10.5. The van der Waals surface area contributed by atoms with E-state index in [1.54, 1.807) is 11.3 Å². The highest BCUT2D eigenvalue weighted by molar-refractivity contribution is 7.20. The van der Waals surface area contributed by atoms with Crippen LogP contribution in [-0.2, 0) is 0 Å². The Kier molecular flexibility index (Phi) is 3.23. The lowest BCUT2D eigenvalue weighted by Crippen LogP contribution is -2.59. The van der Waals surface area contributed by atoms with Crippen LogP contribution in [0.2, 0.25) is 0 Å². The topological polar surface area (TPSA) is 41.1 Å². The average Bonchev–Trinajstić information content (AvgIpc) is 2.90. The molecule has 2 aromatic rings. The molecule has 1 unspecified atom stereocenters. The number of fused-ring (bicyclic) bond motifs is 1. The fraction of sp³-hybridized carbons (Fsp3) is 0.471. The third-order valence-electron chi connectivity index (χ3n) is 4.93. The number of rotatable bonds is 2. The normalized spacial score (nSPS) is 23.9. The second kappa shape index (κ2) is 5.11. The van der Waals surface area contributed by atoms with E-state index >= 15 is 0 Å². The number of hydrogen-bond donors (Lipinski definition) is 2. The maximum atomic E-state index is 12.5. The quantitative estimate of drug-likeness (QED) is 0.893. The van der Waals surface area contributed by atoms with E-state index in [-0.39, 0.29) is 5.91 Å². The van der Waals surface area contributed by atoms with Gasteiger partial charge in [0.1, 0.15) is 0 Å². The number of hydrogen-bond acceptors (Lipinski definition) is 3. The highest BCUT2D eigenvalue weighted by Gasteiger charge is 2.41. The van der Waals surface area contributed by atoms with Crippen LogP contribution in [0.5, 0.6) is 0 Å². The Hall–Kier alpha value is -1.39. The first-order valence-corrected chi connectivity index (χ1v) is 8.60. The smallest absolute Gasteiger partial charge is 0.261 e. The van der Waals surface area contributed by atoms with E-state index in [4.69, 9.17) is 0 Å². The van der Waals surface area contributed by atoms with Gasteiger partial charge in [0, 0.05) is 16.3 Å². The maximum absolute atomic E-state index is 12.5. The molecule has 1 aromatic carbocycles. The molecular formula is C17H20N2OS. The molecule has 2 N–H and O–H groups in total. The van der Waals surface area contributed by atoms with Crippen molar-refractivity contribution in [2.24, 2.45) is 0 Å². The van der Waals surface area contributed by atoms with Crippen LogP contribution in [0.4, 0.5) is 0 Å². The van der Waals surface area contributed by atoms with Crippen molar-refractivity contribution in [1.29, 1.82) is 0 Å². The predicted molar refractivity (Wildman–Crippen MR) is 86.9 cm³/mol. The lowest BCUT2D eigenvalue weighted by atomic mass is 9.70. The van der Waals surface area contributed by atoms with Crippen LogP contribution in [0.15, 0.2) is 30.3 Å². The molecule has 3 nitrogen and oxygen atoms in total. The summed E-state index contributed by atoms with van der Waals surface area (Å²) in [6.45, 7) is 1.03. The Morgan fingerprint density at radius 1 is 1.33 bits per heavy atom. The van der Waals surface area contributed by atoms with Crippen molar-refractivity contribution in [3.8, 4) is 0 Å². The number of carbonyl (C=O) groups is 1. The van der Waals surface area contributed by atoms with Crippen molar-refractivity contribution >= 4 is 27.3 Å². The summed E-state index contributed by atoms with van der Waals surface area (Å²) in [4.78, 5) is 13.3. The minimum absolute atomic E-state index is 0.0950. The van der Waals surface area contributed by atoms with E-state index in [9.17, 15) is 4.79 Å². The van der Waals surface area contributed by atoms with E-state index in [0.29, 0.717) is 11.6 Å². The predicted octanol–water partition coefficient (Wildman–Crippen LogP) is 3.31. The van der Waals surface area contributed by atoms with E-state index in [0.717, 1.165) is 29.6 Å². The molecule has 1 amide bonds. The zero-order chi connectivity index (χ0) is 14.3. The Morgan fingerprint density at radius 3 is 2.95 bits per heavy atom. The van der Waals surface area contributed by atoms with E-state index in [1.165, 1.54) is 24.0 Å². The minimum Gasteiger partial charge on any atom is -0.348 e. The lowest BCUT2D eigenvalue weighted by molar-refractivity contribution is 0.0857. The molecule has 0 radical (unpaired) electrons. The molecule has 110 valence electrons. The Balaban J connectivity index is 1.47. The van der Waals surface area contributed by atoms with Gasteiger partial charge in [-0.05, 0) is 56.2 Å². The van der Waals surface area contributed by atoms with Gasteiger partial charge in [-0.25, -0.2) is 0 Å². The van der Waals surface area contributed by atoms with Crippen LogP contribution in [0.1, 0.15) is 41.8 Å². The molecule has 21 heavy (non-hydrogen) atoms. The van der Waals surface area contributed by atoms with Gasteiger partial charge in [-0.2, -0.15) is 0 Å². The standard InChI is InChI=1S/C17H20N2OS/c20-16(15-10-12-4-1-2-5-14(12)21-15)19-13-6-9-18-17(11-13)7-3-8-17/h1-2,4-5,10,13,18H,3,6-9,11H2,(H,19,20). The zero-order valence-corrected chi connectivity index (χ0v) is 12.8. The summed E-state index contributed by atoms with van der Waals surface area (Å²) in [5.41, 5.74) is 0.330. The molecule has 2 aliphatic rings. The van der Waals surface area contributed by atoms with Gasteiger partial charge in [-0.3, -0.25) is 4.79 Å². The molecule has 1 spiro atoms. The third kappa shape index (κ3) is 2.47. The first-order valence-electron chi connectivity index (χ1n) is 7.79. The largest absolute Gasteiger partial charge is 0.348 e. The molecule has 1 atom stereocenters. The second-order valence-electron chi connectivity index (χ2n) is 6.37. The summed E-state index contributed by atoms with van der Waals surface area (Å²) < 4.78 is 1.18. The summed E-state index contributed by atoms with van der Waals surface area (Å²) >= 11 is 1.59. The van der Waals surface area contributed by atoms with Gasteiger partial charge >= 0.3 is 0 Å². The van der Waals surface area contributed by atoms with Gasteiger partial charge in [-0.15, -0.1) is 11.3 Å². The van der Waals surface area contributed by atoms with Crippen molar-refractivity contribution in [3.63, 3.8) is 0 Å². The summed E-state index contributed by atoms with van der Waals surface area (Å²) in [5.74, 6) is 0.0950. The lowest BCUT2D eigenvalue weighted by Gasteiger charge is -2.48. The Labute approximate surface area is 128 Å². The van der Waals surface area contributed by atoms with Gasteiger partial charge in [0.2, 0.25) is 0 Å². The van der Waals surface area contributed by atoms with E-state index < -0.39 is 0 Å². The number of benzene rings is 1. The summed E-state index contributed by atoms with van der Waals surface area (Å²) in [7, 11) is 0. The second-order valence-corrected chi connectivity index (χ2v) is 7.46. The fourth-order valence-electron chi connectivity index (χ4n) is 3.62. The molecular weight excluding hydrogens is 280 g/mol. The summed E-state index contributed by atoms with van der Waals surface area (Å²) in [5, 5.41) is 8.06. The van der Waals surface area contributed by atoms with E-state index in [1.807, 2.05) is 18.2 Å². The highest BCUT2D eigenvalue weighted by atomic mass is 32.1. The number of piperidine rings is 1. The Bertz CT molecular complexity index is 641. The monoisotopic (exact) mass is 300 g/mol. The number of thiophene rings is 1. The SMILES string of the molecule is O=C(NC1CCNC2(CCC2)C1)c1cc2ccccc2s1. The van der Waals surface area contributed by atoms with Gasteiger partial charge in [0.15, 0.2) is 0 Å². The maximum Gasteiger partial charge on any atom is 0.261 e. The molecule has 0 bridgehead atoms. The molecule has 2 fully saturated rings. The molecule has 4 rings (SSSR count). The van der Waals surface area contributed by atoms with Crippen LogP contribution in [0.3, 0.4) is 0 Å². The molecule has 4 heteroatoms. The molecule has 1 saturated carbocycles. The first-order chi connectivity index (χ1) is 10.2. The first kappa shape index (κ1) is 13.3. The van der Waals surface area contributed by atoms with Gasteiger partial charge in [-0.1, -0.05) is 18.2 Å². The molecule has 2 heterocycles. The van der Waals surface area contributed by atoms with Crippen LogP contribution in [0, 0.1) is 0 Å². The van der Waals surface area contributed by atoms with Crippen molar-refractivity contribution < 1.29 is 4.79 Å². The minimum atomic E-state index is 0.0950. The molecule has 1 aliphatic heterocycles. The highest BCUT2D eigenvalue weighted by Crippen LogP contribution is 2.38. The summed E-state index contributed by atoms with van der Waals surface area (Å²) in [6.07, 6.45) is 5.98. The number of amides is 1. The number of carbonyl (C=O) groups excluding carboxylic acids is 1. The van der Waals surface area contributed by atoms with Gasteiger partial charge in [0.25, 0.3) is 5.91 Å². The molecule has 1 aromatic heterocycles. The molecule has 1 aliphatic carbocycles. The fourth-order valence-corrected chi connectivity index (χ4v) is 4.58. The van der Waals surface area contributed by atoms with Crippen LogP contribution >= 0.6 is 11.3 Å².